The molecule has 0 aliphatic carbocycles. The van der Waals surface area contributed by atoms with Gasteiger partial charge in [0.2, 0.25) is 0 Å². The third-order valence-corrected chi connectivity index (χ3v) is 4.84. The number of hydrogen-bond donors (Lipinski definition) is 1. The Kier molecular flexibility index (Phi) is 4.29. The monoisotopic (exact) mass is 360 g/mol. The molecule has 0 aromatic heterocycles. The maximum Gasteiger partial charge on any atom is 0.0831 e. The number of benzene rings is 3. The smallest absolute Gasteiger partial charge is 0.0831 e. The highest BCUT2D eigenvalue weighted by molar-refractivity contribution is 9.10. The van der Waals surface area contributed by atoms with Gasteiger partial charge in [0, 0.05) is 10.9 Å². The fourth-order valence-electron chi connectivity index (χ4n) is 2.52. The summed E-state index contributed by atoms with van der Waals surface area (Å²) in [5.74, 6) is 0. The molecule has 3 rings (SSSR count). The summed E-state index contributed by atoms with van der Waals surface area (Å²) in [6, 6.07) is 20.0. The average Bonchev–Trinajstić information content (AvgIpc) is 2.50. The van der Waals surface area contributed by atoms with Crippen LogP contribution in [-0.2, 0) is 6.42 Å². The number of halogens is 2. The molecule has 3 aromatic rings. The molecular formula is C18H14BrClO. The van der Waals surface area contributed by atoms with Crippen molar-refractivity contribution in [3.05, 3.63) is 81.3 Å². The minimum atomic E-state index is -0.552. The lowest BCUT2D eigenvalue weighted by Crippen LogP contribution is -2.02. The van der Waals surface area contributed by atoms with Crippen molar-refractivity contribution in [1.29, 1.82) is 0 Å². The first-order valence-corrected chi connectivity index (χ1v) is 7.92. The first-order valence-electron chi connectivity index (χ1n) is 6.75. The zero-order valence-electron chi connectivity index (χ0n) is 11.3. The highest BCUT2D eigenvalue weighted by Gasteiger charge is 2.12. The number of hydrogen-bond acceptors (Lipinski definition) is 1. The first-order chi connectivity index (χ1) is 10.1. The molecule has 21 heavy (non-hydrogen) atoms. The van der Waals surface area contributed by atoms with E-state index in [1.165, 1.54) is 10.8 Å². The number of rotatable bonds is 3. The summed E-state index contributed by atoms with van der Waals surface area (Å²) in [5, 5.41) is 13.5. The molecule has 1 nitrogen and oxygen atoms in total. The van der Waals surface area contributed by atoms with Crippen LogP contribution < -0.4 is 0 Å². The van der Waals surface area contributed by atoms with E-state index in [0.717, 1.165) is 15.6 Å². The molecule has 0 saturated heterocycles. The van der Waals surface area contributed by atoms with Gasteiger partial charge in [0.1, 0.15) is 0 Å². The van der Waals surface area contributed by atoms with E-state index in [1.807, 2.05) is 30.3 Å². The zero-order valence-corrected chi connectivity index (χ0v) is 13.6. The quantitative estimate of drug-likeness (QED) is 0.650. The second kappa shape index (κ2) is 6.18. The molecule has 106 valence electrons. The van der Waals surface area contributed by atoms with Crippen molar-refractivity contribution in [2.75, 3.05) is 0 Å². The van der Waals surface area contributed by atoms with E-state index in [1.54, 1.807) is 6.07 Å². The Balaban J connectivity index is 1.92. The molecule has 0 aliphatic heterocycles. The molecule has 0 amide bonds. The molecule has 0 aliphatic rings. The van der Waals surface area contributed by atoms with E-state index in [9.17, 15) is 5.11 Å². The minimum absolute atomic E-state index is 0.552. The van der Waals surface area contributed by atoms with Crippen molar-refractivity contribution in [2.45, 2.75) is 12.5 Å². The summed E-state index contributed by atoms with van der Waals surface area (Å²) in [6.45, 7) is 0. The van der Waals surface area contributed by atoms with Gasteiger partial charge in [-0.2, -0.15) is 0 Å². The molecule has 1 atom stereocenters. The van der Waals surface area contributed by atoms with Gasteiger partial charge in [-0.3, -0.25) is 0 Å². The van der Waals surface area contributed by atoms with Crippen molar-refractivity contribution in [2.24, 2.45) is 0 Å². The van der Waals surface area contributed by atoms with E-state index in [4.69, 9.17) is 11.6 Å². The maximum absolute atomic E-state index is 10.5. The Bertz CT molecular complexity index is 780. The summed E-state index contributed by atoms with van der Waals surface area (Å²) in [4.78, 5) is 0. The standard InChI is InChI=1S/C18H14BrClO/c19-16-10-14(8-9-17(16)20)18(21)11-13-6-3-5-12-4-1-2-7-15(12)13/h1-10,18,21H,11H2. The van der Waals surface area contributed by atoms with Crippen LogP contribution >= 0.6 is 27.5 Å². The zero-order chi connectivity index (χ0) is 14.8. The van der Waals surface area contributed by atoms with Gasteiger partial charge in [0.15, 0.2) is 0 Å². The number of aliphatic hydroxyl groups excluding tert-OH is 1. The molecule has 0 saturated carbocycles. The molecule has 1 unspecified atom stereocenters. The van der Waals surface area contributed by atoms with Gasteiger partial charge in [-0.25, -0.2) is 0 Å². The van der Waals surface area contributed by atoms with E-state index >= 15 is 0 Å². The van der Waals surface area contributed by atoms with Crippen LogP contribution in [0.3, 0.4) is 0 Å². The molecule has 0 fully saturated rings. The van der Waals surface area contributed by atoms with E-state index in [-0.39, 0.29) is 0 Å². The molecule has 3 heteroatoms. The SMILES string of the molecule is OC(Cc1cccc2ccccc12)c1ccc(Cl)c(Br)c1. The summed E-state index contributed by atoms with van der Waals surface area (Å²) in [5.41, 5.74) is 2.01. The highest BCUT2D eigenvalue weighted by Crippen LogP contribution is 2.29. The van der Waals surface area contributed by atoms with Crippen molar-refractivity contribution in [3.8, 4) is 0 Å². The Labute approximate surface area is 137 Å². The summed E-state index contributed by atoms with van der Waals surface area (Å²) in [6.07, 6.45) is 0.0273. The van der Waals surface area contributed by atoms with Crippen molar-refractivity contribution >= 4 is 38.3 Å². The Morgan fingerprint density at radius 1 is 1.00 bits per heavy atom. The van der Waals surface area contributed by atoms with Gasteiger partial charge in [0.05, 0.1) is 11.1 Å². The topological polar surface area (TPSA) is 20.2 Å². The van der Waals surface area contributed by atoms with Gasteiger partial charge in [-0.1, -0.05) is 60.1 Å². The van der Waals surface area contributed by atoms with Crippen molar-refractivity contribution in [3.63, 3.8) is 0 Å². The fraction of sp³-hybridized carbons (Fsp3) is 0.111. The molecule has 0 spiro atoms. The maximum atomic E-state index is 10.5. The Morgan fingerprint density at radius 2 is 1.76 bits per heavy atom. The second-order valence-corrected chi connectivity index (χ2v) is 6.29. The third-order valence-electron chi connectivity index (χ3n) is 3.62. The lowest BCUT2D eigenvalue weighted by Gasteiger charge is -2.14. The van der Waals surface area contributed by atoms with Crippen LogP contribution in [0.25, 0.3) is 10.8 Å². The molecule has 0 radical (unpaired) electrons. The Morgan fingerprint density at radius 3 is 2.57 bits per heavy atom. The predicted octanol–water partition coefficient (Wildman–Crippen LogP) is 5.53. The summed E-state index contributed by atoms with van der Waals surface area (Å²) in [7, 11) is 0. The van der Waals surface area contributed by atoms with Gasteiger partial charge in [0.25, 0.3) is 0 Å². The van der Waals surface area contributed by atoms with E-state index in [2.05, 4.69) is 40.2 Å². The first kappa shape index (κ1) is 14.6. The summed E-state index contributed by atoms with van der Waals surface area (Å²) >= 11 is 9.39. The van der Waals surface area contributed by atoms with Crippen LogP contribution in [0.4, 0.5) is 0 Å². The molecule has 0 heterocycles. The molecular weight excluding hydrogens is 348 g/mol. The highest BCUT2D eigenvalue weighted by atomic mass is 79.9. The van der Waals surface area contributed by atoms with E-state index in [0.29, 0.717) is 11.4 Å². The molecule has 3 aromatic carbocycles. The number of fused-ring (bicyclic) bond motifs is 1. The van der Waals surface area contributed by atoms with Crippen LogP contribution in [0.1, 0.15) is 17.2 Å². The lowest BCUT2D eigenvalue weighted by molar-refractivity contribution is 0.179. The third kappa shape index (κ3) is 3.13. The van der Waals surface area contributed by atoms with Crippen molar-refractivity contribution < 1.29 is 5.11 Å². The second-order valence-electron chi connectivity index (χ2n) is 5.03. The number of aliphatic hydroxyl groups is 1. The largest absolute Gasteiger partial charge is 0.388 e. The van der Waals surface area contributed by atoms with Crippen molar-refractivity contribution in [1.82, 2.24) is 0 Å². The van der Waals surface area contributed by atoms with Crippen LogP contribution in [0.15, 0.2) is 65.1 Å². The van der Waals surface area contributed by atoms with Gasteiger partial charge in [-0.05, 0) is 50.0 Å². The molecule has 0 bridgehead atoms. The van der Waals surface area contributed by atoms with Crippen LogP contribution in [0.2, 0.25) is 5.02 Å². The average molecular weight is 362 g/mol. The van der Waals surface area contributed by atoms with Gasteiger partial charge < -0.3 is 5.11 Å². The van der Waals surface area contributed by atoms with Gasteiger partial charge in [-0.15, -0.1) is 0 Å². The van der Waals surface area contributed by atoms with Gasteiger partial charge >= 0.3 is 0 Å². The van der Waals surface area contributed by atoms with Crippen LogP contribution in [0.5, 0.6) is 0 Å². The van der Waals surface area contributed by atoms with Crippen LogP contribution in [-0.4, -0.2) is 5.11 Å². The minimum Gasteiger partial charge on any atom is -0.388 e. The fourth-order valence-corrected chi connectivity index (χ4v) is 3.03. The normalized spacial score (nSPS) is 12.5. The Hall–Kier alpha value is -1.35. The molecule has 1 N–H and O–H groups in total. The van der Waals surface area contributed by atoms with E-state index < -0.39 is 6.10 Å². The predicted molar refractivity (Wildman–Crippen MR) is 91.8 cm³/mol. The summed E-state index contributed by atoms with van der Waals surface area (Å²) < 4.78 is 0.804. The lowest BCUT2D eigenvalue weighted by atomic mass is 9.97. The van der Waals surface area contributed by atoms with Crippen LogP contribution in [0, 0.1) is 0 Å².